The van der Waals surface area contributed by atoms with Crippen LogP contribution in [0, 0.1) is 17.8 Å². The molecule has 1 aliphatic carbocycles. The van der Waals surface area contributed by atoms with Gasteiger partial charge in [0.15, 0.2) is 0 Å². The van der Waals surface area contributed by atoms with Gasteiger partial charge in [0.1, 0.15) is 11.8 Å². The van der Waals surface area contributed by atoms with E-state index in [0.29, 0.717) is 18.2 Å². The van der Waals surface area contributed by atoms with Crippen LogP contribution < -0.4 is 15.4 Å². The molecule has 5 nitrogen and oxygen atoms in total. The first-order valence-corrected chi connectivity index (χ1v) is 9.76. The van der Waals surface area contributed by atoms with Crippen LogP contribution in [0.15, 0.2) is 24.3 Å². The fourth-order valence-electron chi connectivity index (χ4n) is 3.52. The maximum absolute atomic E-state index is 12.7. The summed E-state index contributed by atoms with van der Waals surface area (Å²) in [7, 11) is 0. The van der Waals surface area contributed by atoms with Gasteiger partial charge >= 0.3 is 0 Å². The molecule has 0 spiro atoms. The van der Waals surface area contributed by atoms with Gasteiger partial charge in [0.25, 0.3) is 0 Å². The van der Waals surface area contributed by atoms with E-state index in [9.17, 15) is 9.59 Å². The van der Waals surface area contributed by atoms with Gasteiger partial charge in [0.05, 0.1) is 6.61 Å². The minimum atomic E-state index is -0.539. The molecule has 0 aromatic heterocycles. The Balaban J connectivity index is 1.99. The molecule has 1 aromatic carbocycles. The summed E-state index contributed by atoms with van der Waals surface area (Å²) >= 11 is 0. The number of benzene rings is 1. The van der Waals surface area contributed by atoms with Crippen molar-refractivity contribution in [3.8, 4) is 5.75 Å². The summed E-state index contributed by atoms with van der Waals surface area (Å²) in [5.74, 6) is 1.01. The monoisotopic (exact) mass is 360 g/mol. The first-order valence-electron chi connectivity index (χ1n) is 9.76. The van der Waals surface area contributed by atoms with Gasteiger partial charge < -0.3 is 15.4 Å². The molecule has 0 unspecified atom stereocenters. The first-order chi connectivity index (χ1) is 12.4. The minimum Gasteiger partial charge on any atom is -0.494 e. The SMILES string of the molecule is CCOc1ccc(NC(=O)[C@H](NC(=O)[C@@H]2CCCC[C@@H]2C)C(C)C)cc1. The average molecular weight is 360 g/mol. The molecule has 3 atom stereocenters. The van der Waals surface area contributed by atoms with E-state index < -0.39 is 6.04 Å². The van der Waals surface area contributed by atoms with Gasteiger partial charge in [-0.3, -0.25) is 9.59 Å². The second-order valence-corrected chi connectivity index (χ2v) is 7.55. The van der Waals surface area contributed by atoms with Crippen LogP contribution in [0.2, 0.25) is 0 Å². The number of nitrogens with one attached hydrogen (secondary N) is 2. The van der Waals surface area contributed by atoms with Crippen LogP contribution in [0.1, 0.15) is 53.4 Å². The molecule has 0 bridgehead atoms. The lowest BCUT2D eigenvalue weighted by Crippen LogP contribution is -2.50. The lowest BCUT2D eigenvalue weighted by atomic mass is 9.79. The molecule has 1 fully saturated rings. The van der Waals surface area contributed by atoms with Crippen LogP contribution in [0.5, 0.6) is 5.75 Å². The molecule has 2 N–H and O–H groups in total. The molecule has 26 heavy (non-hydrogen) atoms. The van der Waals surface area contributed by atoms with E-state index in [1.807, 2.05) is 45.0 Å². The Labute approximate surface area is 156 Å². The lowest BCUT2D eigenvalue weighted by Gasteiger charge is -2.30. The second kappa shape index (κ2) is 9.60. The summed E-state index contributed by atoms with van der Waals surface area (Å²) in [6.45, 7) is 8.57. The minimum absolute atomic E-state index is 0.0118. The predicted octanol–water partition coefficient (Wildman–Crippen LogP) is 3.99. The van der Waals surface area contributed by atoms with E-state index >= 15 is 0 Å². The second-order valence-electron chi connectivity index (χ2n) is 7.55. The zero-order valence-electron chi connectivity index (χ0n) is 16.4. The fraction of sp³-hybridized carbons (Fsp3) is 0.619. The van der Waals surface area contributed by atoms with Crippen molar-refractivity contribution in [3.05, 3.63) is 24.3 Å². The molecule has 0 saturated heterocycles. The third kappa shape index (κ3) is 5.48. The van der Waals surface area contributed by atoms with Crippen molar-refractivity contribution >= 4 is 17.5 Å². The highest BCUT2D eigenvalue weighted by molar-refractivity contribution is 5.97. The van der Waals surface area contributed by atoms with E-state index in [1.165, 1.54) is 6.42 Å². The topological polar surface area (TPSA) is 67.4 Å². The molecule has 1 aromatic rings. The summed E-state index contributed by atoms with van der Waals surface area (Å²) in [4.78, 5) is 25.4. The largest absolute Gasteiger partial charge is 0.494 e. The number of hydrogen-bond acceptors (Lipinski definition) is 3. The van der Waals surface area contributed by atoms with Crippen molar-refractivity contribution in [1.29, 1.82) is 0 Å². The van der Waals surface area contributed by atoms with Crippen molar-refractivity contribution in [2.75, 3.05) is 11.9 Å². The third-order valence-electron chi connectivity index (χ3n) is 5.13. The number of hydrogen-bond donors (Lipinski definition) is 2. The molecule has 0 radical (unpaired) electrons. The molecule has 1 aliphatic rings. The lowest BCUT2D eigenvalue weighted by molar-refractivity contribution is -0.132. The summed E-state index contributed by atoms with van der Waals surface area (Å²) in [6.07, 6.45) is 4.28. The smallest absolute Gasteiger partial charge is 0.247 e. The Morgan fingerprint density at radius 1 is 1.15 bits per heavy atom. The normalized spacial score (nSPS) is 21.1. The Kier molecular flexibility index (Phi) is 7.49. The number of anilines is 1. The predicted molar refractivity (Wildman–Crippen MR) is 104 cm³/mol. The van der Waals surface area contributed by atoms with Gasteiger partial charge in [0, 0.05) is 11.6 Å². The van der Waals surface area contributed by atoms with E-state index in [1.54, 1.807) is 0 Å². The van der Waals surface area contributed by atoms with Crippen molar-refractivity contribution in [2.24, 2.45) is 17.8 Å². The van der Waals surface area contributed by atoms with Gasteiger partial charge in [-0.15, -0.1) is 0 Å². The van der Waals surface area contributed by atoms with E-state index in [4.69, 9.17) is 4.74 Å². The van der Waals surface area contributed by atoms with Gasteiger partial charge in [-0.05, 0) is 55.9 Å². The summed E-state index contributed by atoms with van der Waals surface area (Å²) in [5.41, 5.74) is 0.699. The molecule has 5 heteroatoms. The quantitative estimate of drug-likeness (QED) is 0.772. The molecule has 0 aliphatic heterocycles. The van der Waals surface area contributed by atoms with Crippen molar-refractivity contribution in [3.63, 3.8) is 0 Å². The zero-order chi connectivity index (χ0) is 19.1. The number of rotatable bonds is 7. The Morgan fingerprint density at radius 2 is 1.81 bits per heavy atom. The third-order valence-corrected chi connectivity index (χ3v) is 5.13. The molecular formula is C21H32N2O3. The summed E-state index contributed by atoms with van der Waals surface area (Å²) in [6, 6.07) is 6.73. The Bertz CT molecular complexity index is 598. The zero-order valence-corrected chi connectivity index (χ0v) is 16.4. The standard InChI is InChI=1S/C21H32N2O3/c1-5-26-17-12-10-16(11-13-17)22-21(25)19(14(2)3)23-20(24)18-9-7-6-8-15(18)4/h10-15,18-19H,5-9H2,1-4H3,(H,22,25)(H,23,24)/t15-,18+,19+/m0/s1. The molecule has 1 saturated carbocycles. The highest BCUT2D eigenvalue weighted by atomic mass is 16.5. The molecule has 2 rings (SSSR count). The van der Waals surface area contributed by atoms with Crippen molar-refractivity contribution < 1.29 is 14.3 Å². The summed E-state index contributed by atoms with van der Waals surface area (Å²) in [5, 5.41) is 5.90. The van der Waals surface area contributed by atoms with Gasteiger partial charge in [-0.25, -0.2) is 0 Å². The first kappa shape index (κ1) is 20.3. The van der Waals surface area contributed by atoms with Crippen LogP contribution in [0.3, 0.4) is 0 Å². The van der Waals surface area contributed by atoms with Crippen LogP contribution in [-0.4, -0.2) is 24.5 Å². The molecule has 2 amide bonds. The highest BCUT2D eigenvalue weighted by Gasteiger charge is 2.32. The van der Waals surface area contributed by atoms with Gasteiger partial charge in [-0.1, -0.05) is 33.6 Å². The van der Waals surface area contributed by atoms with E-state index in [0.717, 1.165) is 25.0 Å². The number of ether oxygens (including phenoxy) is 1. The molecular weight excluding hydrogens is 328 g/mol. The van der Waals surface area contributed by atoms with Gasteiger partial charge in [-0.2, -0.15) is 0 Å². The average Bonchev–Trinajstić information content (AvgIpc) is 2.61. The molecule has 0 heterocycles. The highest BCUT2D eigenvalue weighted by Crippen LogP contribution is 2.30. The number of carbonyl (C=O) groups is 2. The van der Waals surface area contributed by atoms with Crippen molar-refractivity contribution in [1.82, 2.24) is 5.32 Å². The molecule has 144 valence electrons. The van der Waals surface area contributed by atoms with Crippen molar-refractivity contribution in [2.45, 2.75) is 59.4 Å². The number of carbonyl (C=O) groups excluding carboxylic acids is 2. The van der Waals surface area contributed by atoms with Crippen LogP contribution in [0.4, 0.5) is 5.69 Å². The number of amides is 2. The van der Waals surface area contributed by atoms with E-state index in [-0.39, 0.29) is 23.7 Å². The maximum Gasteiger partial charge on any atom is 0.247 e. The van der Waals surface area contributed by atoms with Gasteiger partial charge in [0.2, 0.25) is 11.8 Å². The van der Waals surface area contributed by atoms with E-state index in [2.05, 4.69) is 17.6 Å². The Morgan fingerprint density at radius 3 is 2.38 bits per heavy atom. The summed E-state index contributed by atoms with van der Waals surface area (Å²) < 4.78 is 5.41. The maximum atomic E-state index is 12.7. The fourth-order valence-corrected chi connectivity index (χ4v) is 3.52. The van der Waals surface area contributed by atoms with Crippen LogP contribution in [-0.2, 0) is 9.59 Å². The van der Waals surface area contributed by atoms with Crippen LogP contribution >= 0.6 is 0 Å². The van der Waals surface area contributed by atoms with Crippen LogP contribution in [0.25, 0.3) is 0 Å². The Hall–Kier alpha value is -2.04.